The summed E-state index contributed by atoms with van der Waals surface area (Å²) in [5, 5.41) is 0. The van der Waals surface area contributed by atoms with Crippen LogP contribution in [0, 0.1) is 11.3 Å². The van der Waals surface area contributed by atoms with Gasteiger partial charge in [-0.2, -0.15) is 0 Å². The lowest BCUT2D eigenvalue weighted by atomic mass is 9.80. The number of hydrogen-bond acceptors (Lipinski definition) is 3. The van der Waals surface area contributed by atoms with E-state index in [1.54, 1.807) is 0 Å². The SMILES string of the molecule is CC1CCC(C(CN)N2CCC(C(C)(C)C)C2)O1. The molecule has 4 unspecified atom stereocenters. The van der Waals surface area contributed by atoms with Gasteiger partial charge in [0.2, 0.25) is 0 Å². The Balaban J connectivity index is 1.94. The van der Waals surface area contributed by atoms with Gasteiger partial charge < -0.3 is 10.5 Å². The normalized spacial score (nSPS) is 36.2. The zero-order valence-electron chi connectivity index (χ0n) is 12.5. The van der Waals surface area contributed by atoms with Gasteiger partial charge in [-0.3, -0.25) is 4.90 Å². The van der Waals surface area contributed by atoms with E-state index in [1.165, 1.54) is 32.4 Å². The van der Waals surface area contributed by atoms with Crippen LogP contribution in [0.2, 0.25) is 0 Å². The molecular weight excluding hydrogens is 224 g/mol. The smallest absolute Gasteiger partial charge is 0.0747 e. The minimum Gasteiger partial charge on any atom is -0.374 e. The quantitative estimate of drug-likeness (QED) is 0.839. The number of rotatable bonds is 3. The second-order valence-electron chi connectivity index (χ2n) is 7.21. The first kappa shape index (κ1) is 14.3. The largest absolute Gasteiger partial charge is 0.374 e. The van der Waals surface area contributed by atoms with Gasteiger partial charge in [-0.1, -0.05) is 20.8 Å². The number of nitrogens with two attached hydrogens (primary N) is 1. The van der Waals surface area contributed by atoms with Crippen LogP contribution in [0.1, 0.15) is 47.0 Å². The van der Waals surface area contributed by atoms with Crippen LogP contribution in [0.4, 0.5) is 0 Å². The van der Waals surface area contributed by atoms with Crippen molar-refractivity contribution in [1.29, 1.82) is 0 Å². The fourth-order valence-electron chi connectivity index (χ4n) is 3.45. The van der Waals surface area contributed by atoms with Crippen molar-refractivity contribution in [2.24, 2.45) is 17.1 Å². The molecule has 2 aliphatic rings. The third-order valence-corrected chi connectivity index (χ3v) is 4.85. The molecule has 0 bridgehead atoms. The van der Waals surface area contributed by atoms with Crippen LogP contribution in [0.15, 0.2) is 0 Å². The fourth-order valence-corrected chi connectivity index (χ4v) is 3.45. The Kier molecular flexibility index (Phi) is 4.35. The predicted molar refractivity (Wildman–Crippen MR) is 75.5 cm³/mol. The molecule has 0 radical (unpaired) electrons. The van der Waals surface area contributed by atoms with Crippen molar-refractivity contribution < 1.29 is 4.74 Å². The Hall–Kier alpha value is -0.120. The van der Waals surface area contributed by atoms with Gasteiger partial charge in [-0.15, -0.1) is 0 Å². The molecule has 4 atom stereocenters. The molecular formula is C15H30N2O. The van der Waals surface area contributed by atoms with Gasteiger partial charge >= 0.3 is 0 Å². The van der Waals surface area contributed by atoms with Crippen LogP contribution >= 0.6 is 0 Å². The van der Waals surface area contributed by atoms with Crippen molar-refractivity contribution >= 4 is 0 Å². The Morgan fingerprint density at radius 2 is 2.00 bits per heavy atom. The van der Waals surface area contributed by atoms with E-state index in [-0.39, 0.29) is 0 Å². The van der Waals surface area contributed by atoms with E-state index in [9.17, 15) is 0 Å². The van der Waals surface area contributed by atoms with E-state index in [1.807, 2.05) is 0 Å². The zero-order valence-corrected chi connectivity index (χ0v) is 12.5. The molecule has 2 N–H and O–H groups in total. The van der Waals surface area contributed by atoms with Crippen LogP contribution in [0.25, 0.3) is 0 Å². The minimum absolute atomic E-state index is 0.365. The molecule has 0 amide bonds. The topological polar surface area (TPSA) is 38.5 Å². The van der Waals surface area contributed by atoms with Crippen molar-refractivity contribution in [3.63, 3.8) is 0 Å². The number of likely N-dealkylation sites (tertiary alicyclic amines) is 1. The molecule has 0 aromatic heterocycles. The first-order valence-electron chi connectivity index (χ1n) is 7.51. The molecule has 3 nitrogen and oxygen atoms in total. The van der Waals surface area contributed by atoms with Crippen LogP contribution < -0.4 is 5.73 Å². The van der Waals surface area contributed by atoms with E-state index in [2.05, 4.69) is 32.6 Å². The lowest BCUT2D eigenvalue weighted by Crippen LogP contribution is -2.47. The average molecular weight is 254 g/mol. The highest BCUT2D eigenvalue weighted by Crippen LogP contribution is 2.35. The van der Waals surface area contributed by atoms with Crippen molar-refractivity contribution in [3.8, 4) is 0 Å². The van der Waals surface area contributed by atoms with Gasteiger partial charge in [0.05, 0.1) is 12.2 Å². The number of ether oxygens (including phenoxy) is 1. The minimum atomic E-state index is 0.365. The second-order valence-corrected chi connectivity index (χ2v) is 7.21. The summed E-state index contributed by atoms with van der Waals surface area (Å²) < 4.78 is 6.03. The van der Waals surface area contributed by atoms with Gasteiger partial charge in [-0.25, -0.2) is 0 Å². The Morgan fingerprint density at radius 1 is 1.28 bits per heavy atom. The predicted octanol–water partition coefficient (Wildman–Crippen LogP) is 2.25. The van der Waals surface area contributed by atoms with Gasteiger partial charge in [0, 0.05) is 19.1 Å². The van der Waals surface area contributed by atoms with Crippen molar-refractivity contribution in [3.05, 3.63) is 0 Å². The van der Waals surface area contributed by atoms with Crippen molar-refractivity contribution in [2.75, 3.05) is 19.6 Å². The van der Waals surface area contributed by atoms with Gasteiger partial charge in [0.25, 0.3) is 0 Å². The number of hydrogen-bond donors (Lipinski definition) is 1. The molecule has 106 valence electrons. The molecule has 0 aromatic carbocycles. The van der Waals surface area contributed by atoms with Crippen LogP contribution in [-0.4, -0.2) is 42.8 Å². The molecule has 0 spiro atoms. The maximum atomic E-state index is 6.03. The second kappa shape index (κ2) is 5.48. The Morgan fingerprint density at radius 3 is 2.44 bits per heavy atom. The van der Waals surface area contributed by atoms with Crippen molar-refractivity contribution in [1.82, 2.24) is 4.90 Å². The lowest BCUT2D eigenvalue weighted by Gasteiger charge is -2.33. The molecule has 0 aliphatic carbocycles. The summed E-state index contributed by atoms with van der Waals surface area (Å²) in [5.74, 6) is 0.797. The van der Waals surface area contributed by atoms with Gasteiger partial charge in [0.1, 0.15) is 0 Å². The third-order valence-electron chi connectivity index (χ3n) is 4.85. The van der Waals surface area contributed by atoms with Gasteiger partial charge in [0.15, 0.2) is 0 Å². The maximum Gasteiger partial charge on any atom is 0.0747 e. The van der Waals surface area contributed by atoms with E-state index in [0.29, 0.717) is 23.7 Å². The van der Waals surface area contributed by atoms with Crippen molar-refractivity contribution in [2.45, 2.75) is 65.2 Å². The highest BCUT2D eigenvalue weighted by molar-refractivity contribution is 4.92. The zero-order chi connectivity index (χ0) is 13.3. The summed E-state index contributed by atoms with van der Waals surface area (Å²) in [5.41, 5.74) is 6.43. The summed E-state index contributed by atoms with van der Waals surface area (Å²) in [6.07, 6.45) is 4.47. The molecule has 3 heteroatoms. The number of nitrogens with zero attached hydrogens (tertiary/aromatic N) is 1. The van der Waals surface area contributed by atoms with Gasteiger partial charge in [-0.05, 0) is 44.1 Å². The standard InChI is InChI=1S/C15H30N2O/c1-11-5-6-14(18-11)13(9-16)17-8-7-12(10-17)15(2,3)4/h11-14H,5-10,16H2,1-4H3. The summed E-state index contributed by atoms with van der Waals surface area (Å²) in [4.78, 5) is 2.58. The lowest BCUT2D eigenvalue weighted by molar-refractivity contribution is -0.000140. The van der Waals surface area contributed by atoms with Crippen LogP contribution in [0.5, 0.6) is 0 Å². The summed E-state index contributed by atoms with van der Waals surface area (Å²) in [6, 6.07) is 0.433. The van der Waals surface area contributed by atoms with E-state index in [0.717, 1.165) is 12.5 Å². The van der Waals surface area contributed by atoms with E-state index < -0.39 is 0 Å². The maximum absolute atomic E-state index is 6.03. The molecule has 0 aromatic rings. The Labute approximate surface area is 112 Å². The fraction of sp³-hybridized carbons (Fsp3) is 1.00. The summed E-state index contributed by atoms with van der Waals surface area (Å²) >= 11 is 0. The highest BCUT2D eigenvalue weighted by atomic mass is 16.5. The molecule has 2 rings (SSSR count). The van der Waals surface area contributed by atoms with E-state index >= 15 is 0 Å². The molecule has 2 fully saturated rings. The average Bonchev–Trinajstić information content (AvgIpc) is 2.88. The third kappa shape index (κ3) is 3.06. The molecule has 2 aliphatic heterocycles. The summed E-state index contributed by atoms with van der Waals surface area (Å²) in [7, 11) is 0. The molecule has 18 heavy (non-hydrogen) atoms. The first-order valence-corrected chi connectivity index (χ1v) is 7.51. The molecule has 2 saturated heterocycles. The molecule has 2 heterocycles. The van der Waals surface area contributed by atoms with E-state index in [4.69, 9.17) is 10.5 Å². The highest BCUT2D eigenvalue weighted by Gasteiger charge is 2.38. The molecule has 0 saturated carbocycles. The van der Waals surface area contributed by atoms with Crippen LogP contribution in [0.3, 0.4) is 0 Å². The monoisotopic (exact) mass is 254 g/mol. The Bertz CT molecular complexity index is 274. The van der Waals surface area contributed by atoms with Crippen LogP contribution in [-0.2, 0) is 4.74 Å². The first-order chi connectivity index (χ1) is 8.41. The summed E-state index contributed by atoms with van der Waals surface area (Å²) in [6.45, 7) is 12.4.